The van der Waals surface area contributed by atoms with Crippen LogP contribution in [0.1, 0.15) is 28.3 Å². The van der Waals surface area contributed by atoms with E-state index in [1.54, 1.807) is 23.1 Å². The van der Waals surface area contributed by atoms with Gasteiger partial charge in [-0.3, -0.25) is 4.79 Å². The van der Waals surface area contributed by atoms with E-state index in [1.807, 2.05) is 11.4 Å². The molecule has 0 saturated carbocycles. The number of thiophene rings is 1. The van der Waals surface area contributed by atoms with Crippen LogP contribution in [0.4, 0.5) is 0 Å². The number of sulfonamides is 1. The summed E-state index contributed by atoms with van der Waals surface area (Å²) in [7, 11) is -3.41. The summed E-state index contributed by atoms with van der Waals surface area (Å²) in [6.45, 7) is 1.32. The van der Waals surface area contributed by atoms with Gasteiger partial charge < -0.3 is 9.32 Å². The van der Waals surface area contributed by atoms with E-state index in [0.29, 0.717) is 23.7 Å². The molecular formula is C16H20N2O4S2. The maximum Gasteiger partial charge on any atom is 0.263 e. The summed E-state index contributed by atoms with van der Waals surface area (Å²) in [5.74, 6) is 0.561. The molecule has 2 aromatic heterocycles. The molecular weight excluding hydrogens is 348 g/mol. The van der Waals surface area contributed by atoms with Gasteiger partial charge >= 0.3 is 0 Å². The second-order valence-electron chi connectivity index (χ2n) is 5.92. The largest absolute Gasteiger partial charge is 0.468 e. The topological polar surface area (TPSA) is 79.6 Å². The fourth-order valence-electron chi connectivity index (χ4n) is 2.91. The van der Waals surface area contributed by atoms with E-state index in [2.05, 4.69) is 4.72 Å². The number of likely N-dealkylation sites (tertiary alicyclic amines) is 1. The molecule has 1 aliphatic heterocycles. The number of rotatable bonds is 6. The van der Waals surface area contributed by atoms with Gasteiger partial charge in [0.1, 0.15) is 5.76 Å². The summed E-state index contributed by atoms with van der Waals surface area (Å²) in [5.41, 5.74) is 0. The second kappa shape index (κ2) is 7.50. The molecule has 0 spiro atoms. The number of nitrogens with zero attached hydrogens (tertiary/aromatic N) is 1. The van der Waals surface area contributed by atoms with Crippen LogP contribution in [0.15, 0.2) is 40.3 Å². The Bertz CT molecular complexity index is 754. The van der Waals surface area contributed by atoms with Crippen molar-refractivity contribution in [2.75, 3.05) is 18.8 Å². The van der Waals surface area contributed by atoms with E-state index in [9.17, 15) is 13.2 Å². The Morgan fingerprint density at radius 3 is 2.96 bits per heavy atom. The molecule has 130 valence electrons. The van der Waals surface area contributed by atoms with Crippen LogP contribution >= 0.6 is 11.3 Å². The zero-order valence-corrected chi connectivity index (χ0v) is 14.8. The number of furan rings is 1. The Hall–Kier alpha value is -1.64. The van der Waals surface area contributed by atoms with Crippen molar-refractivity contribution in [3.63, 3.8) is 0 Å². The number of piperidine rings is 1. The molecule has 0 bridgehead atoms. The fourth-order valence-corrected chi connectivity index (χ4v) is 4.97. The molecule has 6 nitrogen and oxygen atoms in total. The summed E-state index contributed by atoms with van der Waals surface area (Å²) in [5, 5.41) is 1.87. The van der Waals surface area contributed by atoms with Crippen molar-refractivity contribution in [3.8, 4) is 0 Å². The third kappa shape index (κ3) is 4.46. The summed E-state index contributed by atoms with van der Waals surface area (Å²) in [6, 6.07) is 7.10. The van der Waals surface area contributed by atoms with Gasteiger partial charge in [0, 0.05) is 13.1 Å². The quantitative estimate of drug-likeness (QED) is 0.848. The Balaban J connectivity index is 1.55. The highest BCUT2D eigenvalue weighted by Crippen LogP contribution is 2.21. The molecule has 1 N–H and O–H groups in total. The highest BCUT2D eigenvalue weighted by Gasteiger charge is 2.28. The minimum Gasteiger partial charge on any atom is -0.468 e. The lowest BCUT2D eigenvalue weighted by Gasteiger charge is -2.32. The van der Waals surface area contributed by atoms with E-state index >= 15 is 0 Å². The van der Waals surface area contributed by atoms with Crippen LogP contribution in [0.25, 0.3) is 0 Å². The van der Waals surface area contributed by atoms with E-state index in [4.69, 9.17) is 4.42 Å². The molecule has 3 rings (SSSR count). The Kier molecular flexibility index (Phi) is 5.37. The number of hydrogen-bond acceptors (Lipinski definition) is 5. The molecule has 0 aromatic carbocycles. The molecule has 3 heterocycles. The summed E-state index contributed by atoms with van der Waals surface area (Å²) in [4.78, 5) is 14.9. The SMILES string of the molecule is O=C(c1cccs1)N1CCC[C@@H](CS(=O)(=O)NCc2ccco2)C1. The number of hydrogen-bond donors (Lipinski definition) is 1. The van der Waals surface area contributed by atoms with E-state index in [1.165, 1.54) is 17.6 Å². The Morgan fingerprint density at radius 2 is 2.25 bits per heavy atom. The van der Waals surface area contributed by atoms with Crippen molar-refractivity contribution in [1.82, 2.24) is 9.62 Å². The number of carbonyl (C=O) groups excluding carboxylic acids is 1. The summed E-state index contributed by atoms with van der Waals surface area (Å²) >= 11 is 1.41. The molecule has 1 amide bonds. The van der Waals surface area contributed by atoms with Gasteiger partial charge in [0.15, 0.2) is 0 Å². The third-order valence-electron chi connectivity index (χ3n) is 4.04. The summed E-state index contributed by atoms with van der Waals surface area (Å²) in [6.07, 6.45) is 3.16. The molecule has 24 heavy (non-hydrogen) atoms. The van der Waals surface area contributed by atoms with Crippen molar-refractivity contribution in [2.24, 2.45) is 5.92 Å². The minimum absolute atomic E-state index is 0.00403. The highest BCUT2D eigenvalue weighted by molar-refractivity contribution is 7.89. The van der Waals surface area contributed by atoms with Crippen LogP contribution in [0, 0.1) is 5.92 Å². The van der Waals surface area contributed by atoms with Gasteiger partial charge in [-0.25, -0.2) is 13.1 Å². The van der Waals surface area contributed by atoms with Gasteiger partial charge in [0.2, 0.25) is 10.0 Å². The van der Waals surface area contributed by atoms with Crippen LogP contribution < -0.4 is 4.72 Å². The highest BCUT2D eigenvalue weighted by atomic mass is 32.2. The number of nitrogens with one attached hydrogen (secondary N) is 1. The molecule has 2 aromatic rings. The average molecular weight is 368 g/mol. The maximum absolute atomic E-state index is 12.4. The predicted octanol–water partition coefficient (Wildman–Crippen LogP) is 2.31. The van der Waals surface area contributed by atoms with E-state index in [-0.39, 0.29) is 24.1 Å². The monoisotopic (exact) mass is 368 g/mol. The van der Waals surface area contributed by atoms with Crippen LogP contribution in [0.3, 0.4) is 0 Å². The van der Waals surface area contributed by atoms with Crippen LogP contribution in [-0.2, 0) is 16.6 Å². The first-order valence-corrected chi connectivity index (χ1v) is 10.4. The third-order valence-corrected chi connectivity index (χ3v) is 6.39. The smallest absolute Gasteiger partial charge is 0.263 e. The molecule has 1 atom stereocenters. The molecule has 0 radical (unpaired) electrons. The van der Waals surface area contributed by atoms with Gasteiger partial charge in [-0.15, -0.1) is 11.3 Å². The second-order valence-corrected chi connectivity index (χ2v) is 8.72. The summed E-state index contributed by atoms with van der Waals surface area (Å²) < 4.78 is 32.2. The molecule has 0 aliphatic carbocycles. The molecule has 0 unspecified atom stereocenters. The standard InChI is InChI=1S/C16H20N2O4S2/c19-16(15-6-3-9-23-15)18-7-1-4-13(11-18)12-24(20,21)17-10-14-5-2-8-22-14/h2-3,5-6,8-9,13,17H,1,4,7,10-12H2/t13-/m1/s1. The lowest BCUT2D eigenvalue weighted by Crippen LogP contribution is -2.43. The molecule has 1 fully saturated rings. The van der Waals surface area contributed by atoms with Crippen LogP contribution in [-0.4, -0.2) is 38.1 Å². The number of amides is 1. The molecule has 1 saturated heterocycles. The zero-order valence-electron chi connectivity index (χ0n) is 13.2. The first-order chi connectivity index (χ1) is 11.5. The van der Waals surface area contributed by atoms with Crippen LogP contribution in [0.2, 0.25) is 0 Å². The van der Waals surface area contributed by atoms with E-state index in [0.717, 1.165) is 12.8 Å². The number of carbonyl (C=O) groups is 1. The average Bonchev–Trinajstić information content (AvgIpc) is 3.26. The zero-order chi connectivity index (χ0) is 17.0. The molecule has 1 aliphatic rings. The van der Waals surface area contributed by atoms with Gasteiger partial charge in [0.05, 0.1) is 23.4 Å². The van der Waals surface area contributed by atoms with Crippen LogP contribution in [0.5, 0.6) is 0 Å². The predicted molar refractivity (Wildman–Crippen MR) is 92.3 cm³/mol. The lowest BCUT2D eigenvalue weighted by molar-refractivity contribution is 0.0689. The first kappa shape index (κ1) is 17.2. The van der Waals surface area contributed by atoms with Gasteiger partial charge in [-0.05, 0) is 42.3 Å². The van der Waals surface area contributed by atoms with Crippen molar-refractivity contribution in [3.05, 3.63) is 46.5 Å². The van der Waals surface area contributed by atoms with E-state index < -0.39 is 10.0 Å². The van der Waals surface area contributed by atoms with Crippen molar-refractivity contribution in [2.45, 2.75) is 19.4 Å². The Morgan fingerprint density at radius 1 is 1.38 bits per heavy atom. The minimum atomic E-state index is -3.41. The maximum atomic E-state index is 12.4. The van der Waals surface area contributed by atoms with Crippen molar-refractivity contribution in [1.29, 1.82) is 0 Å². The first-order valence-electron chi connectivity index (χ1n) is 7.86. The van der Waals surface area contributed by atoms with Gasteiger partial charge in [0.25, 0.3) is 5.91 Å². The Labute approximate surface area is 145 Å². The van der Waals surface area contributed by atoms with Gasteiger partial charge in [-0.2, -0.15) is 0 Å². The fraction of sp³-hybridized carbons (Fsp3) is 0.438. The van der Waals surface area contributed by atoms with Crippen molar-refractivity contribution < 1.29 is 17.6 Å². The normalized spacial score (nSPS) is 18.7. The van der Waals surface area contributed by atoms with Gasteiger partial charge in [-0.1, -0.05) is 6.07 Å². The van der Waals surface area contributed by atoms with Crippen molar-refractivity contribution >= 4 is 27.3 Å². The lowest BCUT2D eigenvalue weighted by atomic mass is 10.00. The molecule has 8 heteroatoms.